The second-order valence-corrected chi connectivity index (χ2v) is 6.13. The lowest BCUT2D eigenvalue weighted by Gasteiger charge is -2.10. The fourth-order valence-electron chi connectivity index (χ4n) is 1.99. The van der Waals surface area contributed by atoms with Crippen LogP contribution in [0.5, 0.6) is 0 Å². The molecule has 0 unspecified atom stereocenters. The second kappa shape index (κ2) is 9.23. The maximum Gasteiger partial charge on any atom is 0.471 e. The van der Waals surface area contributed by atoms with Crippen molar-refractivity contribution in [1.82, 2.24) is 15.3 Å². The van der Waals surface area contributed by atoms with Crippen LogP contribution in [0.1, 0.15) is 5.56 Å². The van der Waals surface area contributed by atoms with Gasteiger partial charge in [0.25, 0.3) is 0 Å². The number of halogens is 4. The Morgan fingerprint density at radius 2 is 1.96 bits per heavy atom. The first-order chi connectivity index (χ1) is 12.8. The van der Waals surface area contributed by atoms with Gasteiger partial charge in [-0.3, -0.25) is 4.79 Å². The molecule has 0 saturated carbocycles. The van der Waals surface area contributed by atoms with E-state index >= 15 is 0 Å². The van der Waals surface area contributed by atoms with Gasteiger partial charge in [-0.05, 0) is 40.0 Å². The number of hydrogen-bond acceptors (Lipinski definition) is 5. The van der Waals surface area contributed by atoms with E-state index in [0.717, 1.165) is 5.56 Å². The average molecular weight is 442 g/mol. The van der Waals surface area contributed by atoms with Crippen LogP contribution in [-0.2, 0) is 11.2 Å². The third-order valence-electron chi connectivity index (χ3n) is 3.27. The van der Waals surface area contributed by atoms with Crippen LogP contribution >= 0.6 is 15.9 Å². The Kier molecular flexibility index (Phi) is 7.01. The van der Waals surface area contributed by atoms with Crippen molar-refractivity contribution < 1.29 is 18.0 Å². The molecule has 3 N–H and O–H groups in total. The van der Waals surface area contributed by atoms with Crippen molar-refractivity contribution in [2.45, 2.75) is 12.6 Å². The molecule has 0 spiro atoms. The zero-order chi connectivity index (χ0) is 19.9. The van der Waals surface area contributed by atoms with Crippen molar-refractivity contribution in [1.29, 1.82) is 0 Å². The molecule has 6 nitrogen and oxygen atoms in total. The SMILES string of the molecule is C#CCNc1nc(Nc2ccc(CCNC(=O)C(F)(F)F)cc2)ncc1Br. The first-order valence-corrected chi connectivity index (χ1v) is 8.50. The minimum Gasteiger partial charge on any atom is -0.358 e. The van der Waals surface area contributed by atoms with Gasteiger partial charge in [0.15, 0.2) is 0 Å². The van der Waals surface area contributed by atoms with E-state index in [1.807, 2.05) is 5.32 Å². The Morgan fingerprint density at radius 1 is 1.26 bits per heavy atom. The lowest BCUT2D eigenvalue weighted by molar-refractivity contribution is -0.173. The van der Waals surface area contributed by atoms with Gasteiger partial charge in [0.2, 0.25) is 5.95 Å². The van der Waals surface area contributed by atoms with E-state index in [2.05, 4.69) is 42.5 Å². The van der Waals surface area contributed by atoms with Gasteiger partial charge in [-0.25, -0.2) is 4.98 Å². The number of amides is 1. The van der Waals surface area contributed by atoms with Gasteiger partial charge in [0.1, 0.15) is 5.82 Å². The zero-order valence-corrected chi connectivity index (χ0v) is 15.5. The first kappa shape index (κ1) is 20.5. The summed E-state index contributed by atoms with van der Waals surface area (Å²) in [6, 6.07) is 6.94. The molecular formula is C17H15BrF3N5O. The zero-order valence-electron chi connectivity index (χ0n) is 13.9. The number of hydrogen-bond donors (Lipinski definition) is 3. The van der Waals surface area contributed by atoms with Crippen molar-refractivity contribution in [2.24, 2.45) is 0 Å². The molecule has 1 amide bonds. The molecule has 0 aliphatic rings. The van der Waals surface area contributed by atoms with Crippen molar-refractivity contribution in [2.75, 3.05) is 23.7 Å². The molecule has 1 heterocycles. The van der Waals surface area contributed by atoms with Crippen molar-refractivity contribution in [3.05, 3.63) is 40.5 Å². The first-order valence-electron chi connectivity index (χ1n) is 7.70. The minimum absolute atomic E-state index is 0.106. The van der Waals surface area contributed by atoms with E-state index in [0.29, 0.717) is 28.5 Å². The minimum atomic E-state index is -4.87. The quantitative estimate of drug-likeness (QED) is 0.574. The smallest absolute Gasteiger partial charge is 0.358 e. The fraction of sp³-hybridized carbons (Fsp3) is 0.235. The molecule has 0 bridgehead atoms. The predicted octanol–water partition coefficient (Wildman–Crippen LogP) is 3.25. The van der Waals surface area contributed by atoms with Gasteiger partial charge < -0.3 is 16.0 Å². The van der Waals surface area contributed by atoms with Crippen LogP contribution in [0.25, 0.3) is 0 Å². The number of rotatable bonds is 7. The van der Waals surface area contributed by atoms with Gasteiger partial charge >= 0.3 is 12.1 Å². The van der Waals surface area contributed by atoms with E-state index in [9.17, 15) is 18.0 Å². The highest BCUT2D eigenvalue weighted by Gasteiger charge is 2.38. The lowest BCUT2D eigenvalue weighted by atomic mass is 10.1. The summed E-state index contributed by atoms with van der Waals surface area (Å²) >= 11 is 3.32. The van der Waals surface area contributed by atoms with E-state index in [4.69, 9.17) is 6.42 Å². The van der Waals surface area contributed by atoms with Gasteiger partial charge in [-0.2, -0.15) is 18.2 Å². The topological polar surface area (TPSA) is 78.9 Å². The summed E-state index contributed by atoms with van der Waals surface area (Å²) in [5.74, 6) is 1.40. The number of alkyl halides is 3. The van der Waals surface area contributed by atoms with Crippen molar-refractivity contribution >= 4 is 39.3 Å². The van der Waals surface area contributed by atoms with Crippen LogP contribution < -0.4 is 16.0 Å². The standard InChI is InChI=1S/C17H15BrF3N5O/c1-2-8-22-14-13(18)10-24-16(26-14)25-12-5-3-11(4-6-12)7-9-23-15(27)17(19,20)21/h1,3-6,10H,7-9H2,(H,23,27)(H2,22,24,25,26). The Balaban J connectivity index is 1.92. The van der Waals surface area contributed by atoms with Gasteiger partial charge in [0.05, 0.1) is 11.0 Å². The third-order valence-corrected chi connectivity index (χ3v) is 3.85. The molecule has 2 rings (SSSR count). The molecular weight excluding hydrogens is 427 g/mol. The number of benzene rings is 1. The van der Waals surface area contributed by atoms with Crippen LogP contribution in [0, 0.1) is 12.3 Å². The summed E-state index contributed by atoms with van der Waals surface area (Å²) in [5, 5.41) is 7.80. The van der Waals surface area contributed by atoms with E-state index in [1.165, 1.54) is 0 Å². The van der Waals surface area contributed by atoms with Crippen LogP contribution in [0.15, 0.2) is 34.9 Å². The average Bonchev–Trinajstić information content (AvgIpc) is 2.62. The fourth-order valence-corrected chi connectivity index (χ4v) is 2.32. The molecule has 0 radical (unpaired) electrons. The molecule has 142 valence electrons. The number of carbonyl (C=O) groups is 1. The number of anilines is 3. The monoisotopic (exact) mass is 441 g/mol. The molecule has 2 aromatic rings. The molecule has 0 saturated heterocycles. The molecule has 0 atom stereocenters. The largest absolute Gasteiger partial charge is 0.471 e. The highest BCUT2D eigenvalue weighted by Crippen LogP contribution is 2.22. The predicted molar refractivity (Wildman–Crippen MR) is 99.5 cm³/mol. The third kappa shape index (κ3) is 6.45. The summed E-state index contributed by atoms with van der Waals surface area (Å²) in [7, 11) is 0. The summed E-state index contributed by atoms with van der Waals surface area (Å²) in [6.45, 7) is 0.208. The molecule has 0 aliphatic carbocycles. The molecule has 27 heavy (non-hydrogen) atoms. The van der Waals surface area contributed by atoms with Crippen LogP contribution in [0.4, 0.5) is 30.6 Å². The number of carbonyl (C=O) groups excluding carboxylic acids is 1. The highest BCUT2D eigenvalue weighted by molar-refractivity contribution is 9.10. The normalized spacial score (nSPS) is 10.8. The number of nitrogens with zero attached hydrogens (tertiary/aromatic N) is 2. The highest BCUT2D eigenvalue weighted by atomic mass is 79.9. The molecule has 1 aromatic heterocycles. The Morgan fingerprint density at radius 3 is 2.59 bits per heavy atom. The Bertz CT molecular complexity index is 834. The Labute approximate surface area is 162 Å². The van der Waals surface area contributed by atoms with Crippen LogP contribution in [-0.4, -0.2) is 35.1 Å². The number of terminal acetylenes is 1. The summed E-state index contributed by atoms with van der Waals surface area (Å²) in [4.78, 5) is 19.2. The van der Waals surface area contributed by atoms with E-state index in [-0.39, 0.29) is 13.0 Å². The second-order valence-electron chi connectivity index (χ2n) is 5.27. The molecule has 0 aliphatic heterocycles. The van der Waals surface area contributed by atoms with Crippen LogP contribution in [0.2, 0.25) is 0 Å². The summed E-state index contributed by atoms with van der Waals surface area (Å²) in [5.41, 5.74) is 1.47. The molecule has 1 aromatic carbocycles. The summed E-state index contributed by atoms with van der Waals surface area (Å²) in [6.07, 6.45) is 2.19. The number of aromatic nitrogens is 2. The number of nitrogens with one attached hydrogen (secondary N) is 3. The van der Waals surface area contributed by atoms with Crippen LogP contribution in [0.3, 0.4) is 0 Å². The van der Waals surface area contributed by atoms with E-state index < -0.39 is 12.1 Å². The Hall–Kier alpha value is -2.80. The van der Waals surface area contributed by atoms with Gasteiger partial charge in [-0.1, -0.05) is 18.1 Å². The maximum atomic E-state index is 12.1. The van der Waals surface area contributed by atoms with Crippen molar-refractivity contribution in [3.8, 4) is 12.3 Å². The van der Waals surface area contributed by atoms with E-state index in [1.54, 1.807) is 30.5 Å². The lowest BCUT2D eigenvalue weighted by Crippen LogP contribution is -2.37. The van der Waals surface area contributed by atoms with Gasteiger partial charge in [0, 0.05) is 18.4 Å². The van der Waals surface area contributed by atoms with Gasteiger partial charge in [-0.15, -0.1) is 6.42 Å². The van der Waals surface area contributed by atoms with Crippen molar-refractivity contribution in [3.63, 3.8) is 0 Å². The maximum absolute atomic E-state index is 12.1. The molecule has 0 fully saturated rings. The molecule has 10 heteroatoms. The summed E-state index contributed by atoms with van der Waals surface area (Å²) < 4.78 is 37.0.